The predicted molar refractivity (Wildman–Crippen MR) is 70.5 cm³/mol. The Morgan fingerprint density at radius 1 is 1.35 bits per heavy atom. The molecule has 1 aromatic carbocycles. The van der Waals surface area contributed by atoms with Gasteiger partial charge in [0.05, 0.1) is 11.9 Å². The van der Waals surface area contributed by atoms with E-state index in [0.717, 1.165) is 17.3 Å². The number of benzene rings is 1. The molecule has 0 bridgehead atoms. The van der Waals surface area contributed by atoms with E-state index in [9.17, 15) is 8.42 Å². The lowest BCUT2D eigenvalue weighted by molar-refractivity contribution is 0.127. The Bertz CT molecular complexity index is 466. The lowest BCUT2D eigenvalue weighted by Gasteiger charge is -2.12. The van der Waals surface area contributed by atoms with E-state index in [1.807, 2.05) is 0 Å². The van der Waals surface area contributed by atoms with E-state index in [4.69, 9.17) is 4.74 Å². The van der Waals surface area contributed by atoms with Crippen molar-refractivity contribution < 1.29 is 13.2 Å². The minimum Gasteiger partial charge on any atom is -0.377 e. The Kier molecular flexibility index (Phi) is 4.06. The van der Waals surface area contributed by atoms with Crippen molar-refractivity contribution in [2.45, 2.75) is 18.9 Å². The van der Waals surface area contributed by atoms with Crippen LogP contribution in [0.3, 0.4) is 0 Å². The van der Waals surface area contributed by atoms with Gasteiger partial charge < -0.3 is 4.74 Å². The SMILES string of the molecule is O=S(=O)(CC1CCCO1)Nc1ccc(Br)cc1. The smallest absolute Gasteiger partial charge is 0.235 e. The number of ether oxygens (including phenoxy) is 1. The van der Waals surface area contributed by atoms with Gasteiger partial charge in [-0.25, -0.2) is 8.42 Å². The predicted octanol–water partition coefficient (Wildman–Crippen LogP) is 2.37. The summed E-state index contributed by atoms with van der Waals surface area (Å²) in [6, 6.07) is 7.03. The van der Waals surface area contributed by atoms with Gasteiger partial charge in [0.1, 0.15) is 0 Å². The van der Waals surface area contributed by atoms with E-state index in [-0.39, 0.29) is 11.9 Å². The van der Waals surface area contributed by atoms with Crippen LogP contribution in [0.25, 0.3) is 0 Å². The second-order valence-electron chi connectivity index (χ2n) is 4.03. The lowest BCUT2D eigenvalue weighted by Crippen LogP contribution is -2.25. The quantitative estimate of drug-likeness (QED) is 0.927. The zero-order valence-corrected chi connectivity index (χ0v) is 11.6. The van der Waals surface area contributed by atoms with Gasteiger partial charge in [-0.05, 0) is 37.1 Å². The number of nitrogens with one attached hydrogen (secondary N) is 1. The highest BCUT2D eigenvalue weighted by molar-refractivity contribution is 9.10. The van der Waals surface area contributed by atoms with Crippen LogP contribution in [0.1, 0.15) is 12.8 Å². The highest BCUT2D eigenvalue weighted by atomic mass is 79.9. The number of anilines is 1. The van der Waals surface area contributed by atoms with Gasteiger partial charge in [0, 0.05) is 16.8 Å². The Labute approximate surface area is 110 Å². The maximum atomic E-state index is 11.8. The summed E-state index contributed by atoms with van der Waals surface area (Å²) >= 11 is 3.30. The molecule has 0 amide bonds. The lowest BCUT2D eigenvalue weighted by atomic mass is 10.3. The summed E-state index contributed by atoms with van der Waals surface area (Å²) in [5, 5.41) is 0. The van der Waals surface area contributed by atoms with Crippen molar-refractivity contribution in [3.8, 4) is 0 Å². The summed E-state index contributed by atoms with van der Waals surface area (Å²) in [7, 11) is -3.32. The van der Waals surface area contributed by atoms with Crippen molar-refractivity contribution in [1.82, 2.24) is 0 Å². The van der Waals surface area contributed by atoms with Gasteiger partial charge in [0.15, 0.2) is 0 Å². The molecule has 1 aromatic rings. The normalized spacial score (nSPS) is 20.4. The molecule has 1 N–H and O–H groups in total. The fourth-order valence-electron chi connectivity index (χ4n) is 1.76. The Balaban J connectivity index is 1.98. The third-order valence-corrected chi connectivity index (χ3v) is 4.43. The molecule has 0 saturated carbocycles. The van der Waals surface area contributed by atoms with Crippen LogP contribution in [0.2, 0.25) is 0 Å². The van der Waals surface area contributed by atoms with Crippen molar-refractivity contribution in [3.63, 3.8) is 0 Å². The number of hydrogen-bond acceptors (Lipinski definition) is 3. The number of hydrogen-bond donors (Lipinski definition) is 1. The first kappa shape index (κ1) is 12.9. The average Bonchev–Trinajstić information content (AvgIpc) is 2.73. The summed E-state index contributed by atoms with van der Waals surface area (Å²) in [6.45, 7) is 0.665. The molecule has 1 aliphatic rings. The monoisotopic (exact) mass is 319 g/mol. The number of sulfonamides is 1. The molecular formula is C11H14BrNO3S. The first-order valence-corrected chi connectivity index (χ1v) is 7.87. The number of rotatable bonds is 4. The van der Waals surface area contributed by atoms with Crippen LogP contribution >= 0.6 is 15.9 Å². The van der Waals surface area contributed by atoms with Crippen molar-refractivity contribution in [2.75, 3.05) is 17.1 Å². The van der Waals surface area contributed by atoms with Crippen molar-refractivity contribution in [3.05, 3.63) is 28.7 Å². The Hall–Kier alpha value is -0.590. The minimum atomic E-state index is -3.32. The molecule has 0 aromatic heterocycles. The van der Waals surface area contributed by atoms with Crippen LogP contribution in [0, 0.1) is 0 Å². The van der Waals surface area contributed by atoms with Crippen molar-refractivity contribution in [2.24, 2.45) is 0 Å². The van der Waals surface area contributed by atoms with Gasteiger partial charge >= 0.3 is 0 Å². The third kappa shape index (κ3) is 3.97. The van der Waals surface area contributed by atoms with Crippen LogP contribution in [-0.4, -0.2) is 26.9 Å². The zero-order chi connectivity index (χ0) is 12.3. The first-order valence-electron chi connectivity index (χ1n) is 5.43. The van der Waals surface area contributed by atoms with Crippen LogP contribution in [0.5, 0.6) is 0 Å². The van der Waals surface area contributed by atoms with Crippen LogP contribution < -0.4 is 4.72 Å². The fourth-order valence-corrected chi connectivity index (χ4v) is 3.35. The summed E-state index contributed by atoms with van der Waals surface area (Å²) in [6.07, 6.45) is 1.60. The van der Waals surface area contributed by atoms with Gasteiger partial charge in [-0.3, -0.25) is 4.72 Å². The fraction of sp³-hybridized carbons (Fsp3) is 0.455. The molecule has 4 nitrogen and oxygen atoms in total. The third-order valence-electron chi connectivity index (χ3n) is 2.55. The molecule has 0 aliphatic carbocycles. The summed E-state index contributed by atoms with van der Waals surface area (Å²) in [5.41, 5.74) is 0.575. The van der Waals surface area contributed by atoms with E-state index < -0.39 is 10.0 Å². The van der Waals surface area contributed by atoms with E-state index in [0.29, 0.717) is 12.3 Å². The molecular weight excluding hydrogens is 306 g/mol. The highest BCUT2D eigenvalue weighted by Crippen LogP contribution is 2.18. The van der Waals surface area contributed by atoms with E-state index in [1.165, 1.54) is 0 Å². The van der Waals surface area contributed by atoms with Gasteiger partial charge in [0.25, 0.3) is 0 Å². The van der Waals surface area contributed by atoms with Gasteiger partial charge in [-0.15, -0.1) is 0 Å². The van der Waals surface area contributed by atoms with E-state index in [1.54, 1.807) is 24.3 Å². The molecule has 1 saturated heterocycles. The van der Waals surface area contributed by atoms with Gasteiger partial charge in [0.2, 0.25) is 10.0 Å². The van der Waals surface area contributed by atoms with Crippen molar-refractivity contribution >= 4 is 31.6 Å². The summed E-state index contributed by atoms with van der Waals surface area (Å²) in [4.78, 5) is 0. The van der Waals surface area contributed by atoms with E-state index >= 15 is 0 Å². The van der Waals surface area contributed by atoms with Crippen molar-refractivity contribution in [1.29, 1.82) is 0 Å². The molecule has 1 heterocycles. The second-order valence-corrected chi connectivity index (χ2v) is 6.71. The van der Waals surface area contributed by atoms with E-state index in [2.05, 4.69) is 20.7 Å². The minimum absolute atomic E-state index is 0.0308. The topological polar surface area (TPSA) is 55.4 Å². The molecule has 0 spiro atoms. The van der Waals surface area contributed by atoms with Crippen LogP contribution in [0.4, 0.5) is 5.69 Å². The molecule has 1 atom stereocenters. The summed E-state index contributed by atoms with van der Waals surface area (Å²) < 4.78 is 32.5. The van der Waals surface area contributed by atoms with Crippen LogP contribution in [0.15, 0.2) is 28.7 Å². The Morgan fingerprint density at radius 3 is 2.65 bits per heavy atom. The molecule has 1 fully saturated rings. The van der Waals surface area contributed by atoms with Gasteiger partial charge in [-0.1, -0.05) is 15.9 Å². The largest absolute Gasteiger partial charge is 0.377 e. The molecule has 94 valence electrons. The second kappa shape index (κ2) is 5.37. The average molecular weight is 320 g/mol. The standard InChI is InChI=1S/C11H14BrNO3S/c12-9-3-5-10(6-4-9)13-17(14,15)8-11-2-1-7-16-11/h3-6,11,13H,1-2,7-8H2. The van der Waals surface area contributed by atoms with Gasteiger partial charge in [-0.2, -0.15) is 0 Å². The van der Waals surface area contributed by atoms with Crippen LogP contribution in [-0.2, 0) is 14.8 Å². The highest BCUT2D eigenvalue weighted by Gasteiger charge is 2.23. The molecule has 2 rings (SSSR count). The molecule has 17 heavy (non-hydrogen) atoms. The first-order chi connectivity index (χ1) is 8.05. The zero-order valence-electron chi connectivity index (χ0n) is 9.23. The molecule has 1 unspecified atom stereocenters. The maximum Gasteiger partial charge on any atom is 0.235 e. The maximum absolute atomic E-state index is 11.8. The molecule has 1 aliphatic heterocycles. The Morgan fingerprint density at radius 2 is 2.06 bits per heavy atom. The number of halogens is 1. The molecule has 6 heteroatoms. The summed E-state index contributed by atoms with van der Waals surface area (Å²) in [5.74, 6) is 0.0308. The molecule has 0 radical (unpaired) electrons.